The highest BCUT2D eigenvalue weighted by molar-refractivity contribution is 6.00. The number of para-hydroxylation sites is 1. The molecule has 1 amide bonds. The number of benzene rings is 2. The fourth-order valence-electron chi connectivity index (χ4n) is 2.17. The molecule has 0 aliphatic heterocycles. The fraction of sp³-hybridized carbons (Fsp3) is 0.0625. The minimum atomic E-state index is -0.712. The number of nitrogens with one attached hydrogen (secondary N) is 2. The highest BCUT2D eigenvalue weighted by atomic mass is 16.5. The van der Waals surface area contributed by atoms with Crippen molar-refractivity contribution >= 4 is 16.8 Å². The van der Waals surface area contributed by atoms with Gasteiger partial charge in [-0.25, -0.2) is 4.79 Å². The molecule has 1 heterocycles. The minimum absolute atomic E-state index is 0.297. The van der Waals surface area contributed by atoms with E-state index in [-0.39, 0.29) is 0 Å². The Kier molecular flexibility index (Phi) is 3.68. The summed E-state index contributed by atoms with van der Waals surface area (Å²) in [6.07, 6.45) is 0. The van der Waals surface area contributed by atoms with Crippen LogP contribution in [0.4, 0.5) is 0 Å². The van der Waals surface area contributed by atoms with Crippen molar-refractivity contribution < 1.29 is 9.53 Å². The van der Waals surface area contributed by atoms with Crippen molar-refractivity contribution in [3.63, 3.8) is 0 Å². The molecule has 0 aliphatic rings. The van der Waals surface area contributed by atoms with E-state index in [4.69, 9.17) is 4.74 Å². The molecule has 7 heteroatoms. The Morgan fingerprint density at radius 3 is 2.48 bits per heavy atom. The van der Waals surface area contributed by atoms with Crippen LogP contribution in [0.15, 0.2) is 58.1 Å². The maximum absolute atomic E-state index is 12.3. The Morgan fingerprint density at radius 1 is 1.09 bits per heavy atom. The van der Waals surface area contributed by atoms with E-state index in [1.165, 1.54) is 19.2 Å². The van der Waals surface area contributed by atoms with Gasteiger partial charge in [0.05, 0.1) is 18.0 Å². The average molecular weight is 311 g/mol. The highest BCUT2D eigenvalue weighted by Gasteiger charge is 2.11. The second-order valence-corrected chi connectivity index (χ2v) is 4.79. The highest BCUT2D eigenvalue weighted by Crippen LogP contribution is 2.11. The Labute approximate surface area is 130 Å². The monoisotopic (exact) mass is 311 g/mol. The van der Waals surface area contributed by atoms with Gasteiger partial charge in [0.2, 0.25) is 0 Å². The van der Waals surface area contributed by atoms with E-state index in [0.29, 0.717) is 26.9 Å². The molecule has 2 N–H and O–H groups in total. The van der Waals surface area contributed by atoms with Crippen LogP contribution in [0.2, 0.25) is 0 Å². The van der Waals surface area contributed by atoms with E-state index in [1.807, 2.05) is 0 Å². The second kappa shape index (κ2) is 5.80. The van der Waals surface area contributed by atoms with Gasteiger partial charge in [-0.3, -0.25) is 15.0 Å². The number of hydrogen-bond donors (Lipinski definition) is 2. The van der Waals surface area contributed by atoms with Crippen LogP contribution in [0.5, 0.6) is 5.75 Å². The molecule has 116 valence electrons. The molecule has 3 aromatic rings. The van der Waals surface area contributed by atoms with Crippen molar-refractivity contribution in [1.82, 2.24) is 9.66 Å². The summed E-state index contributed by atoms with van der Waals surface area (Å²) in [6, 6.07) is 12.9. The number of H-pyrrole nitrogens is 1. The second-order valence-electron chi connectivity index (χ2n) is 4.79. The first kappa shape index (κ1) is 14.6. The molecule has 0 atom stereocenters. The average Bonchev–Trinajstić information content (AvgIpc) is 2.58. The number of carbonyl (C=O) groups excluding carboxylic acids is 1. The Bertz CT molecular complexity index is 987. The van der Waals surface area contributed by atoms with Crippen LogP contribution in [0.25, 0.3) is 10.9 Å². The van der Waals surface area contributed by atoms with Gasteiger partial charge in [0.1, 0.15) is 5.75 Å². The number of aromatic amines is 1. The standard InChI is InChI=1S/C16H13N3O4/c1-23-11-8-6-10(7-9-11)14(20)18-19-15(21)12-4-2-3-5-13(12)17-16(19)22/h2-9H,1H3,(H,17,22)(H,18,20). The summed E-state index contributed by atoms with van der Waals surface area (Å²) in [7, 11) is 1.52. The van der Waals surface area contributed by atoms with Gasteiger partial charge in [-0.05, 0) is 36.4 Å². The minimum Gasteiger partial charge on any atom is -0.497 e. The Balaban J connectivity index is 1.99. The third-order valence-corrected chi connectivity index (χ3v) is 3.37. The molecular weight excluding hydrogens is 298 g/mol. The molecular formula is C16H13N3O4. The quantitative estimate of drug-likeness (QED) is 0.757. The smallest absolute Gasteiger partial charge is 0.348 e. The van der Waals surface area contributed by atoms with Crippen LogP contribution >= 0.6 is 0 Å². The van der Waals surface area contributed by atoms with Crippen LogP contribution in [-0.4, -0.2) is 22.7 Å². The lowest BCUT2D eigenvalue weighted by Gasteiger charge is -2.08. The predicted molar refractivity (Wildman–Crippen MR) is 85.5 cm³/mol. The summed E-state index contributed by atoms with van der Waals surface area (Å²) < 4.78 is 5.67. The summed E-state index contributed by atoms with van der Waals surface area (Å²) in [4.78, 5) is 39.1. The number of carbonyl (C=O) groups is 1. The van der Waals surface area contributed by atoms with E-state index in [2.05, 4.69) is 10.4 Å². The molecule has 0 spiro atoms. The summed E-state index contributed by atoms with van der Waals surface area (Å²) in [5, 5.41) is 0.308. The van der Waals surface area contributed by atoms with Crippen LogP contribution in [0.3, 0.4) is 0 Å². The lowest BCUT2D eigenvalue weighted by atomic mass is 10.2. The molecule has 0 saturated heterocycles. The maximum atomic E-state index is 12.3. The Morgan fingerprint density at radius 2 is 1.78 bits per heavy atom. The molecule has 0 radical (unpaired) electrons. The van der Waals surface area contributed by atoms with E-state index < -0.39 is 17.2 Å². The van der Waals surface area contributed by atoms with Gasteiger partial charge < -0.3 is 9.72 Å². The Hall–Kier alpha value is -3.35. The molecule has 0 fully saturated rings. The first-order valence-electron chi connectivity index (χ1n) is 6.79. The summed E-state index contributed by atoms with van der Waals surface area (Å²) in [5.74, 6) is 0.0257. The van der Waals surface area contributed by atoms with Crippen LogP contribution in [0.1, 0.15) is 10.4 Å². The zero-order valence-corrected chi connectivity index (χ0v) is 12.2. The lowest BCUT2D eigenvalue weighted by molar-refractivity contribution is 0.101. The molecule has 7 nitrogen and oxygen atoms in total. The van der Waals surface area contributed by atoms with Gasteiger partial charge in [0.25, 0.3) is 11.5 Å². The third-order valence-electron chi connectivity index (χ3n) is 3.37. The van der Waals surface area contributed by atoms with Crippen molar-refractivity contribution in [1.29, 1.82) is 0 Å². The molecule has 0 aliphatic carbocycles. The van der Waals surface area contributed by atoms with Gasteiger partial charge in [0, 0.05) is 5.56 Å². The molecule has 0 bridgehead atoms. The topological polar surface area (TPSA) is 93.2 Å². The van der Waals surface area contributed by atoms with Crippen molar-refractivity contribution in [2.45, 2.75) is 0 Å². The number of ether oxygens (including phenoxy) is 1. The first-order chi connectivity index (χ1) is 11.1. The SMILES string of the molecule is COc1ccc(C(=O)Nn2c(=O)[nH]c3ccccc3c2=O)cc1. The van der Waals surface area contributed by atoms with Crippen molar-refractivity contribution in [2.75, 3.05) is 12.5 Å². The first-order valence-corrected chi connectivity index (χ1v) is 6.79. The molecule has 3 rings (SSSR count). The van der Waals surface area contributed by atoms with E-state index in [0.717, 1.165) is 0 Å². The number of amides is 1. The number of hydrogen-bond acceptors (Lipinski definition) is 4. The van der Waals surface area contributed by atoms with E-state index >= 15 is 0 Å². The normalized spacial score (nSPS) is 10.5. The van der Waals surface area contributed by atoms with Crippen molar-refractivity contribution in [3.8, 4) is 5.75 Å². The molecule has 23 heavy (non-hydrogen) atoms. The van der Waals surface area contributed by atoms with E-state index in [1.54, 1.807) is 36.4 Å². The maximum Gasteiger partial charge on any atom is 0.348 e. The largest absolute Gasteiger partial charge is 0.497 e. The van der Waals surface area contributed by atoms with Gasteiger partial charge in [-0.2, -0.15) is 4.68 Å². The molecule has 0 saturated carbocycles. The van der Waals surface area contributed by atoms with E-state index in [9.17, 15) is 14.4 Å². The summed E-state index contributed by atoms with van der Waals surface area (Å²) in [5.41, 5.74) is 1.71. The number of fused-ring (bicyclic) bond motifs is 1. The van der Waals surface area contributed by atoms with Crippen molar-refractivity contribution in [2.24, 2.45) is 0 Å². The fourth-order valence-corrected chi connectivity index (χ4v) is 2.17. The van der Waals surface area contributed by atoms with Gasteiger partial charge in [0.15, 0.2) is 0 Å². The van der Waals surface area contributed by atoms with Crippen LogP contribution in [0, 0.1) is 0 Å². The van der Waals surface area contributed by atoms with Crippen LogP contribution < -0.4 is 21.4 Å². The van der Waals surface area contributed by atoms with Gasteiger partial charge in [-0.15, -0.1) is 0 Å². The zero-order chi connectivity index (χ0) is 16.4. The lowest BCUT2D eigenvalue weighted by Crippen LogP contribution is -2.43. The molecule has 0 unspecified atom stereocenters. The van der Waals surface area contributed by atoms with Crippen molar-refractivity contribution in [3.05, 3.63) is 74.9 Å². The molecule has 2 aromatic carbocycles. The number of aromatic nitrogens is 2. The van der Waals surface area contributed by atoms with Gasteiger partial charge >= 0.3 is 5.69 Å². The van der Waals surface area contributed by atoms with Crippen LogP contribution in [-0.2, 0) is 0 Å². The predicted octanol–water partition coefficient (Wildman–Crippen LogP) is 1.08. The number of methoxy groups -OCH3 is 1. The number of rotatable bonds is 3. The summed E-state index contributed by atoms with van der Waals surface area (Å²) >= 11 is 0. The number of nitrogens with zero attached hydrogens (tertiary/aromatic N) is 1. The summed E-state index contributed by atoms with van der Waals surface area (Å²) in [6.45, 7) is 0. The zero-order valence-electron chi connectivity index (χ0n) is 12.2. The third kappa shape index (κ3) is 2.71. The van der Waals surface area contributed by atoms with Gasteiger partial charge in [-0.1, -0.05) is 12.1 Å². The molecule has 1 aromatic heterocycles.